The quantitative estimate of drug-likeness (QED) is 0.489. The van der Waals surface area contributed by atoms with E-state index < -0.39 is 0 Å². The van der Waals surface area contributed by atoms with E-state index in [1.807, 2.05) is 0 Å². The average Bonchev–Trinajstić information content (AvgIpc) is 2.09. The highest BCUT2D eigenvalue weighted by Crippen LogP contribution is 2.39. The van der Waals surface area contributed by atoms with Gasteiger partial charge in [-0.25, -0.2) is 0 Å². The second-order valence-corrected chi connectivity index (χ2v) is 3.98. The first-order chi connectivity index (χ1) is 6.29. The fraction of sp³-hybridized carbons (Fsp3) is 1.00. The van der Waals surface area contributed by atoms with Crippen LogP contribution in [0.4, 0.5) is 0 Å². The summed E-state index contributed by atoms with van der Waals surface area (Å²) in [4.78, 5) is 0. The molecule has 1 unspecified atom stereocenters. The van der Waals surface area contributed by atoms with E-state index in [-0.39, 0.29) is 5.60 Å². The molecule has 13 heavy (non-hydrogen) atoms. The number of ether oxygens (including phenoxy) is 1. The van der Waals surface area contributed by atoms with E-state index in [9.17, 15) is 0 Å². The molecular formula is C10H22N2O. The number of hydrogen-bond acceptors (Lipinski definition) is 3. The van der Waals surface area contributed by atoms with Gasteiger partial charge in [0, 0.05) is 7.11 Å². The summed E-state index contributed by atoms with van der Waals surface area (Å²) in [6, 6.07) is 0.339. The molecule has 0 aliphatic heterocycles. The van der Waals surface area contributed by atoms with Crippen molar-refractivity contribution in [3.63, 3.8) is 0 Å². The second kappa shape index (κ2) is 4.94. The van der Waals surface area contributed by atoms with Gasteiger partial charge >= 0.3 is 0 Å². The smallest absolute Gasteiger partial charge is 0.0844 e. The maximum absolute atomic E-state index is 5.58. The van der Waals surface area contributed by atoms with Crippen LogP contribution in [0.1, 0.15) is 45.4 Å². The summed E-state index contributed by atoms with van der Waals surface area (Å²) in [5.74, 6) is 5.55. The molecule has 1 atom stereocenters. The first-order valence-corrected chi connectivity index (χ1v) is 5.30. The molecule has 0 aromatic rings. The second-order valence-electron chi connectivity index (χ2n) is 3.98. The molecule has 0 bridgehead atoms. The summed E-state index contributed by atoms with van der Waals surface area (Å²) < 4.78 is 5.58. The molecule has 78 valence electrons. The number of rotatable bonds is 6. The summed E-state index contributed by atoms with van der Waals surface area (Å²) in [6.45, 7) is 2.20. The Bertz CT molecular complexity index is 140. The zero-order valence-electron chi connectivity index (χ0n) is 8.81. The van der Waals surface area contributed by atoms with Crippen LogP contribution in [-0.2, 0) is 4.74 Å². The maximum Gasteiger partial charge on any atom is 0.0844 e. The Morgan fingerprint density at radius 2 is 2.23 bits per heavy atom. The highest BCUT2D eigenvalue weighted by Gasteiger charge is 2.43. The van der Waals surface area contributed by atoms with Crippen molar-refractivity contribution in [2.45, 2.75) is 57.1 Å². The van der Waals surface area contributed by atoms with Crippen molar-refractivity contribution < 1.29 is 4.74 Å². The van der Waals surface area contributed by atoms with E-state index in [1.165, 1.54) is 19.3 Å². The molecule has 0 saturated heterocycles. The van der Waals surface area contributed by atoms with E-state index in [0.717, 1.165) is 19.3 Å². The Kier molecular flexibility index (Phi) is 4.16. The summed E-state index contributed by atoms with van der Waals surface area (Å²) in [5, 5.41) is 0. The molecule has 0 aromatic carbocycles. The van der Waals surface area contributed by atoms with Gasteiger partial charge in [-0.05, 0) is 25.7 Å². The maximum atomic E-state index is 5.58. The Hall–Kier alpha value is -0.120. The van der Waals surface area contributed by atoms with Crippen LogP contribution in [0, 0.1) is 0 Å². The Balaban J connectivity index is 2.43. The normalized spacial score (nSPS) is 22.4. The van der Waals surface area contributed by atoms with Crippen LogP contribution in [0.15, 0.2) is 0 Å². The van der Waals surface area contributed by atoms with Crippen molar-refractivity contribution in [3.05, 3.63) is 0 Å². The van der Waals surface area contributed by atoms with Crippen LogP contribution in [0.25, 0.3) is 0 Å². The topological polar surface area (TPSA) is 47.3 Å². The van der Waals surface area contributed by atoms with Crippen molar-refractivity contribution in [3.8, 4) is 0 Å². The highest BCUT2D eigenvalue weighted by atomic mass is 16.5. The largest absolute Gasteiger partial charge is 0.377 e. The van der Waals surface area contributed by atoms with Gasteiger partial charge in [0.05, 0.1) is 11.6 Å². The summed E-state index contributed by atoms with van der Waals surface area (Å²) in [6.07, 6.45) is 7.15. The molecule has 0 spiro atoms. The van der Waals surface area contributed by atoms with Gasteiger partial charge in [0.15, 0.2) is 0 Å². The molecule has 3 nitrogen and oxygen atoms in total. The standard InChI is InChI=1S/C10H22N2O/c1-3-4-6-9(12-11)10(13-2)7-5-8-10/h9,12H,3-8,11H2,1-2H3. The van der Waals surface area contributed by atoms with Gasteiger partial charge in [0.2, 0.25) is 0 Å². The summed E-state index contributed by atoms with van der Waals surface area (Å²) in [7, 11) is 1.80. The van der Waals surface area contributed by atoms with Gasteiger partial charge in [-0.2, -0.15) is 0 Å². The van der Waals surface area contributed by atoms with E-state index >= 15 is 0 Å². The number of hydrazine groups is 1. The third-order valence-corrected chi connectivity index (χ3v) is 3.29. The van der Waals surface area contributed by atoms with Crippen LogP contribution < -0.4 is 11.3 Å². The Morgan fingerprint density at radius 1 is 1.54 bits per heavy atom. The third-order valence-electron chi connectivity index (χ3n) is 3.29. The number of nitrogens with two attached hydrogens (primary N) is 1. The van der Waals surface area contributed by atoms with Crippen LogP contribution in [0.3, 0.4) is 0 Å². The average molecular weight is 186 g/mol. The van der Waals surface area contributed by atoms with Gasteiger partial charge in [-0.3, -0.25) is 11.3 Å². The number of hydrogen-bond donors (Lipinski definition) is 2. The van der Waals surface area contributed by atoms with E-state index in [1.54, 1.807) is 7.11 Å². The molecule has 0 amide bonds. The van der Waals surface area contributed by atoms with Gasteiger partial charge in [0.25, 0.3) is 0 Å². The van der Waals surface area contributed by atoms with Crippen molar-refractivity contribution in [1.29, 1.82) is 0 Å². The molecule has 1 fully saturated rings. The molecule has 3 N–H and O–H groups in total. The van der Waals surface area contributed by atoms with Gasteiger partial charge in [-0.1, -0.05) is 19.8 Å². The molecule has 1 aliphatic rings. The highest BCUT2D eigenvalue weighted by molar-refractivity contribution is 4.98. The summed E-state index contributed by atoms with van der Waals surface area (Å²) in [5.41, 5.74) is 2.95. The predicted octanol–water partition coefficient (Wildman–Crippen LogP) is 1.58. The number of unbranched alkanes of at least 4 members (excludes halogenated alkanes) is 1. The predicted molar refractivity (Wildman–Crippen MR) is 54.2 cm³/mol. The first-order valence-electron chi connectivity index (χ1n) is 5.30. The van der Waals surface area contributed by atoms with Crippen LogP contribution in [-0.4, -0.2) is 18.8 Å². The molecule has 0 heterocycles. The van der Waals surface area contributed by atoms with E-state index in [0.29, 0.717) is 6.04 Å². The lowest BCUT2D eigenvalue weighted by Gasteiger charge is -2.46. The molecule has 3 heteroatoms. The fourth-order valence-electron chi connectivity index (χ4n) is 2.13. The lowest BCUT2D eigenvalue weighted by Crippen LogP contribution is -2.58. The van der Waals surface area contributed by atoms with Gasteiger partial charge < -0.3 is 4.74 Å². The third kappa shape index (κ3) is 2.22. The fourth-order valence-corrected chi connectivity index (χ4v) is 2.13. The lowest BCUT2D eigenvalue weighted by atomic mass is 9.73. The van der Waals surface area contributed by atoms with E-state index in [2.05, 4.69) is 12.3 Å². The zero-order valence-corrected chi connectivity index (χ0v) is 8.81. The minimum Gasteiger partial charge on any atom is -0.377 e. The molecule has 1 saturated carbocycles. The van der Waals surface area contributed by atoms with Crippen LogP contribution in [0.2, 0.25) is 0 Å². The van der Waals surface area contributed by atoms with Crippen molar-refractivity contribution in [1.82, 2.24) is 5.43 Å². The molecule has 0 aromatic heterocycles. The Labute approximate surface area is 81.0 Å². The first kappa shape index (κ1) is 11.0. The van der Waals surface area contributed by atoms with Crippen LogP contribution in [0.5, 0.6) is 0 Å². The van der Waals surface area contributed by atoms with Crippen molar-refractivity contribution >= 4 is 0 Å². The monoisotopic (exact) mass is 186 g/mol. The minimum absolute atomic E-state index is 0.0456. The lowest BCUT2D eigenvalue weighted by molar-refractivity contribution is -0.100. The van der Waals surface area contributed by atoms with Gasteiger partial charge in [0.1, 0.15) is 0 Å². The van der Waals surface area contributed by atoms with Crippen LogP contribution >= 0.6 is 0 Å². The molecule has 1 rings (SSSR count). The van der Waals surface area contributed by atoms with Gasteiger partial charge in [-0.15, -0.1) is 0 Å². The molecule has 1 aliphatic carbocycles. The van der Waals surface area contributed by atoms with Crippen molar-refractivity contribution in [2.75, 3.05) is 7.11 Å². The summed E-state index contributed by atoms with van der Waals surface area (Å²) >= 11 is 0. The van der Waals surface area contributed by atoms with Crippen molar-refractivity contribution in [2.24, 2.45) is 5.84 Å². The zero-order chi connectivity index (χ0) is 9.73. The SMILES string of the molecule is CCCCC(NN)C1(OC)CCC1. The number of methoxy groups -OCH3 is 1. The molecular weight excluding hydrogens is 164 g/mol. The molecule has 0 radical (unpaired) electrons. The Morgan fingerprint density at radius 3 is 2.54 bits per heavy atom. The minimum atomic E-state index is 0.0456. The number of nitrogens with one attached hydrogen (secondary N) is 1. The van der Waals surface area contributed by atoms with E-state index in [4.69, 9.17) is 10.6 Å².